The van der Waals surface area contributed by atoms with Crippen molar-refractivity contribution in [3.8, 4) is 0 Å². The number of thioether (sulfide) groups is 1. The van der Waals surface area contributed by atoms with Gasteiger partial charge in [0.1, 0.15) is 11.4 Å². The van der Waals surface area contributed by atoms with Gasteiger partial charge in [0.05, 0.1) is 5.25 Å². The SMILES string of the molecule is CC1=C(N=O)C(Sc2cc(Cl)cc(C)c2N=O)CC(Cl)=C1. The van der Waals surface area contributed by atoms with E-state index in [2.05, 4.69) is 10.4 Å². The Morgan fingerprint density at radius 1 is 1.19 bits per heavy atom. The number of rotatable bonds is 4. The van der Waals surface area contributed by atoms with Crippen LogP contribution in [0.2, 0.25) is 5.02 Å². The zero-order chi connectivity index (χ0) is 15.6. The summed E-state index contributed by atoms with van der Waals surface area (Å²) in [6.07, 6.45) is 2.21. The molecule has 0 spiro atoms. The van der Waals surface area contributed by atoms with Crippen LogP contribution in [-0.4, -0.2) is 5.25 Å². The van der Waals surface area contributed by atoms with Gasteiger partial charge < -0.3 is 0 Å². The highest BCUT2D eigenvalue weighted by atomic mass is 35.5. The molecule has 1 aliphatic carbocycles. The van der Waals surface area contributed by atoms with Crippen molar-refractivity contribution < 1.29 is 0 Å². The highest BCUT2D eigenvalue weighted by molar-refractivity contribution is 8.00. The Labute approximate surface area is 136 Å². The Morgan fingerprint density at radius 3 is 2.52 bits per heavy atom. The number of halogens is 2. The van der Waals surface area contributed by atoms with Crippen LogP contribution >= 0.6 is 35.0 Å². The molecule has 0 heterocycles. The van der Waals surface area contributed by atoms with Crippen LogP contribution in [0.5, 0.6) is 0 Å². The van der Waals surface area contributed by atoms with Gasteiger partial charge in [0.15, 0.2) is 0 Å². The fraction of sp³-hybridized carbons (Fsp3) is 0.286. The largest absolute Gasteiger partial charge is 0.145 e. The Morgan fingerprint density at radius 2 is 1.90 bits per heavy atom. The maximum atomic E-state index is 11.1. The molecular weight excluding hydrogens is 331 g/mol. The second kappa shape index (κ2) is 6.73. The molecule has 0 N–H and O–H groups in total. The normalized spacial score (nSPS) is 18.5. The summed E-state index contributed by atoms with van der Waals surface area (Å²) in [7, 11) is 0. The smallest absolute Gasteiger partial charge is 0.124 e. The van der Waals surface area contributed by atoms with Crippen LogP contribution in [0.3, 0.4) is 0 Å². The van der Waals surface area contributed by atoms with Crippen molar-refractivity contribution in [2.45, 2.75) is 30.4 Å². The summed E-state index contributed by atoms with van der Waals surface area (Å²) in [5.41, 5.74) is 2.19. The third-order valence-corrected chi connectivity index (χ3v) is 4.87. The predicted octanol–water partition coefficient (Wildman–Crippen LogP) is 6.07. The van der Waals surface area contributed by atoms with Gasteiger partial charge in [0.25, 0.3) is 0 Å². The van der Waals surface area contributed by atoms with Gasteiger partial charge in [-0.2, -0.15) is 0 Å². The first-order valence-electron chi connectivity index (χ1n) is 6.16. The van der Waals surface area contributed by atoms with Crippen LogP contribution < -0.4 is 0 Å². The van der Waals surface area contributed by atoms with E-state index < -0.39 is 0 Å². The van der Waals surface area contributed by atoms with Gasteiger partial charge in [-0.3, -0.25) is 0 Å². The van der Waals surface area contributed by atoms with Gasteiger partial charge in [-0.25, -0.2) is 0 Å². The van der Waals surface area contributed by atoms with Crippen molar-refractivity contribution in [2.24, 2.45) is 10.4 Å². The third kappa shape index (κ3) is 3.54. The number of nitroso groups, excluding NO2 is 2. The number of allylic oxidation sites excluding steroid dienone is 3. The number of aryl methyl sites for hydroxylation is 1. The van der Waals surface area contributed by atoms with Crippen LogP contribution in [-0.2, 0) is 0 Å². The first kappa shape index (κ1) is 16.2. The molecule has 1 aromatic carbocycles. The topological polar surface area (TPSA) is 58.9 Å². The first-order valence-corrected chi connectivity index (χ1v) is 7.80. The quantitative estimate of drug-likeness (QED) is 0.623. The second-order valence-corrected chi connectivity index (χ2v) is 6.89. The summed E-state index contributed by atoms with van der Waals surface area (Å²) in [4.78, 5) is 22.7. The van der Waals surface area contributed by atoms with Crippen LogP contribution in [0, 0.1) is 16.7 Å². The van der Waals surface area contributed by atoms with Crippen LogP contribution in [0.1, 0.15) is 18.9 Å². The summed E-state index contributed by atoms with van der Waals surface area (Å²) in [5, 5.41) is 7.08. The van der Waals surface area contributed by atoms with Gasteiger partial charge in [-0.05, 0) is 53.5 Å². The first-order chi connectivity index (χ1) is 9.96. The number of nitrogens with zero attached hydrogens (tertiary/aromatic N) is 2. The Kier molecular flexibility index (Phi) is 5.19. The lowest BCUT2D eigenvalue weighted by molar-refractivity contribution is 0.923. The lowest BCUT2D eigenvalue weighted by atomic mass is 10.0. The molecule has 2 rings (SSSR count). The minimum absolute atomic E-state index is 0.252. The van der Waals surface area contributed by atoms with E-state index in [0.29, 0.717) is 38.3 Å². The Hall–Kier alpha value is -1.17. The van der Waals surface area contributed by atoms with E-state index in [1.165, 1.54) is 11.8 Å². The molecule has 7 heteroatoms. The summed E-state index contributed by atoms with van der Waals surface area (Å²) in [6, 6.07) is 3.34. The van der Waals surface area contributed by atoms with E-state index in [4.69, 9.17) is 23.2 Å². The summed E-state index contributed by atoms with van der Waals surface area (Å²) >= 11 is 13.5. The maximum absolute atomic E-state index is 11.1. The van der Waals surface area contributed by atoms with Gasteiger partial charge in [-0.15, -0.1) is 21.6 Å². The van der Waals surface area contributed by atoms with Crippen molar-refractivity contribution in [1.29, 1.82) is 0 Å². The number of hydrogen-bond acceptors (Lipinski definition) is 5. The molecule has 0 fully saturated rings. The van der Waals surface area contributed by atoms with E-state index in [9.17, 15) is 9.81 Å². The van der Waals surface area contributed by atoms with Crippen molar-refractivity contribution in [3.63, 3.8) is 0 Å². The molecule has 0 aromatic heterocycles. The fourth-order valence-electron chi connectivity index (χ4n) is 2.19. The lowest BCUT2D eigenvalue weighted by Gasteiger charge is -2.21. The molecule has 0 saturated heterocycles. The monoisotopic (exact) mass is 342 g/mol. The minimum atomic E-state index is -0.252. The van der Waals surface area contributed by atoms with Crippen LogP contribution in [0.15, 0.2) is 49.8 Å². The highest BCUT2D eigenvalue weighted by Crippen LogP contribution is 2.43. The van der Waals surface area contributed by atoms with E-state index in [1.54, 1.807) is 32.1 Å². The zero-order valence-corrected chi connectivity index (χ0v) is 13.7. The number of hydrogen-bond donors (Lipinski definition) is 0. The molecule has 0 amide bonds. The van der Waals surface area contributed by atoms with Crippen LogP contribution in [0.4, 0.5) is 5.69 Å². The molecule has 1 aromatic rings. The number of benzene rings is 1. The molecule has 1 atom stereocenters. The van der Waals surface area contributed by atoms with E-state index in [-0.39, 0.29) is 5.25 Å². The van der Waals surface area contributed by atoms with Gasteiger partial charge in [0.2, 0.25) is 0 Å². The summed E-state index contributed by atoms with van der Waals surface area (Å²) in [5.74, 6) is 0. The average molecular weight is 343 g/mol. The third-order valence-electron chi connectivity index (χ3n) is 3.15. The second-order valence-electron chi connectivity index (χ2n) is 4.72. The molecule has 21 heavy (non-hydrogen) atoms. The van der Waals surface area contributed by atoms with Crippen molar-refractivity contribution in [1.82, 2.24) is 0 Å². The molecule has 0 radical (unpaired) electrons. The molecule has 4 nitrogen and oxygen atoms in total. The fourth-order valence-corrected chi connectivity index (χ4v) is 4.35. The molecule has 0 bridgehead atoms. The average Bonchev–Trinajstić information content (AvgIpc) is 2.37. The van der Waals surface area contributed by atoms with E-state index in [1.807, 2.05) is 0 Å². The van der Waals surface area contributed by atoms with Crippen molar-refractivity contribution >= 4 is 40.7 Å². The van der Waals surface area contributed by atoms with Gasteiger partial charge in [-0.1, -0.05) is 23.2 Å². The summed E-state index contributed by atoms with van der Waals surface area (Å²) in [6.45, 7) is 3.55. The molecule has 1 aliphatic rings. The highest BCUT2D eigenvalue weighted by Gasteiger charge is 2.25. The van der Waals surface area contributed by atoms with Gasteiger partial charge in [0, 0.05) is 21.4 Å². The molecule has 1 unspecified atom stereocenters. The molecule has 0 saturated carbocycles. The molecule has 0 aliphatic heterocycles. The predicted molar refractivity (Wildman–Crippen MR) is 88.3 cm³/mol. The van der Waals surface area contributed by atoms with E-state index in [0.717, 1.165) is 5.57 Å². The van der Waals surface area contributed by atoms with Gasteiger partial charge >= 0.3 is 0 Å². The van der Waals surface area contributed by atoms with Crippen molar-refractivity contribution in [2.75, 3.05) is 0 Å². The van der Waals surface area contributed by atoms with Crippen molar-refractivity contribution in [3.05, 3.63) is 54.9 Å². The van der Waals surface area contributed by atoms with Crippen LogP contribution in [0.25, 0.3) is 0 Å². The summed E-state index contributed by atoms with van der Waals surface area (Å²) < 4.78 is 0. The molecule has 110 valence electrons. The van der Waals surface area contributed by atoms with E-state index >= 15 is 0 Å². The Balaban J connectivity index is 2.41. The Bertz CT molecular complexity index is 671. The minimum Gasteiger partial charge on any atom is -0.145 e. The lowest BCUT2D eigenvalue weighted by Crippen LogP contribution is -2.11. The maximum Gasteiger partial charge on any atom is 0.124 e. The standard InChI is InChI=1S/C14H12Cl2N2O2S/c1-7-3-9(15)5-11(13(7)17-19)21-12-6-10(16)4-8(2)14(12)18-20/h3-5,12H,6H2,1-2H3. The zero-order valence-electron chi connectivity index (χ0n) is 11.4. The molecular formula is C14H12Cl2N2O2S.